The molecule has 2 aromatic rings. The van der Waals surface area contributed by atoms with E-state index in [4.69, 9.17) is 0 Å². The van der Waals surface area contributed by atoms with Gasteiger partial charge in [0, 0.05) is 15.9 Å². The van der Waals surface area contributed by atoms with Crippen LogP contribution in [0.25, 0.3) is 0 Å². The van der Waals surface area contributed by atoms with Crippen molar-refractivity contribution in [3.63, 3.8) is 0 Å². The Morgan fingerprint density at radius 1 is 1.30 bits per heavy atom. The van der Waals surface area contributed by atoms with E-state index in [9.17, 15) is 4.79 Å². The van der Waals surface area contributed by atoms with Crippen LogP contribution in [-0.2, 0) is 17.8 Å². The van der Waals surface area contributed by atoms with E-state index in [1.165, 1.54) is 10.4 Å². The van der Waals surface area contributed by atoms with Crippen LogP contribution in [0.1, 0.15) is 17.4 Å². The van der Waals surface area contributed by atoms with Crippen LogP contribution in [0.4, 0.5) is 5.69 Å². The molecule has 0 aliphatic heterocycles. The van der Waals surface area contributed by atoms with Gasteiger partial charge in [0.1, 0.15) is 0 Å². The second kappa shape index (κ2) is 7.57. The van der Waals surface area contributed by atoms with Crippen molar-refractivity contribution in [2.45, 2.75) is 19.9 Å². The van der Waals surface area contributed by atoms with Crippen LogP contribution in [0.15, 0.2) is 40.2 Å². The van der Waals surface area contributed by atoms with E-state index in [0.29, 0.717) is 6.54 Å². The van der Waals surface area contributed by atoms with Gasteiger partial charge < -0.3 is 10.6 Å². The van der Waals surface area contributed by atoms with Crippen molar-refractivity contribution in [1.29, 1.82) is 0 Å². The van der Waals surface area contributed by atoms with E-state index in [-0.39, 0.29) is 5.91 Å². The summed E-state index contributed by atoms with van der Waals surface area (Å²) < 4.78 is 0.889. The summed E-state index contributed by atoms with van der Waals surface area (Å²) in [4.78, 5) is 13.2. The zero-order valence-electron chi connectivity index (χ0n) is 11.3. The molecule has 1 amide bonds. The van der Waals surface area contributed by atoms with E-state index in [1.54, 1.807) is 11.3 Å². The molecule has 0 saturated heterocycles. The first-order valence-electron chi connectivity index (χ1n) is 6.51. The Kier molecular flexibility index (Phi) is 5.76. The number of nitrogens with one attached hydrogen (secondary N) is 2. The maximum Gasteiger partial charge on any atom is 0.238 e. The minimum Gasteiger partial charge on any atom is -0.324 e. The van der Waals surface area contributed by atoms with Gasteiger partial charge in [-0.1, -0.05) is 19.1 Å². The van der Waals surface area contributed by atoms with E-state index < -0.39 is 0 Å². The fourth-order valence-corrected chi connectivity index (χ4v) is 3.21. The SMILES string of the molecule is CCc1ccsc1CNCC(=O)Nc1ccccc1Br. The van der Waals surface area contributed by atoms with Crippen LogP contribution in [0.2, 0.25) is 0 Å². The number of anilines is 1. The highest BCUT2D eigenvalue weighted by Crippen LogP contribution is 2.21. The average molecular weight is 353 g/mol. The van der Waals surface area contributed by atoms with Gasteiger partial charge in [-0.3, -0.25) is 4.79 Å². The summed E-state index contributed by atoms with van der Waals surface area (Å²) in [5.74, 6) is -0.0356. The molecule has 106 valence electrons. The zero-order chi connectivity index (χ0) is 14.4. The quantitative estimate of drug-likeness (QED) is 0.829. The minimum absolute atomic E-state index is 0.0356. The van der Waals surface area contributed by atoms with Crippen LogP contribution >= 0.6 is 27.3 Å². The van der Waals surface area contributed by atoms with Gasteiger partial charge in [-0.05, 0) is 51.5 Å². The summed E-state index contributed by atoms with van der Waals surface area (Å²) in [6, 6.07) is 9.73. The number of aryl methyl sites for hydroxylation is 1. The number of hydrogen-bond donors (Lipinski definition) is 2. The molecule has 20 heavy (non-hydrogen) atoms. The highest BCUT2D eigenvalue weighted by atomic mass is 79.9. The Morgan fingerprint density at radius 3 is 2.85 bits per heavy atom. The fourth-order valence-electron chi connectivity index (χ4n) is 1.88. The number of hydrogen-bond acceptors (Lipinski definition) is 3. The van der Waals surface area contributed by atoms with Crippen LogP contribution < -0.4 is 10.6 Å². The molecule has 2 N–H and O–H groups in total. The van der Waals surface area contributed by atoms with E-state index >= 15 is 0 Å². The molecule has 0 saturated carbocycles. The molecular weight excluding hydrogens is 336 g/mol. The van der Waals surface area contributed by atoms with Crippen molar-refractivity contribution in [3.8, 4) is 0 Å². The predicted molar refractivity (Wildman–Crippen MR) is 88.2 cm³/mol. The molecule has 1 heterocycles. The third-order valence-corrected chi connectivity index (χ3v) is 4.59. The molecule has 0 radical (unpaired) electrons. The number of para-hydroxylation sites is 1. The van der Waals surface area contributed by atoms with Crippen LogP contribution in [0.3, 0.4) is 0 Å². The zero-order valence-corrected chi connectivity index (χ0v) is 13.7. The van der Waals surface area contributed by atoms with Crippen molar-refractivity contribution in [2.75, 3.05) is 11.9 Å². The third kappa shape index (κ3) is 4.16. The number of rotatable bonds is 6. The summed E-state index contributed by atoms with van der Waals surface area (Å²) in [7, 11) is 0. The number of amides is 1. The maximum atomic E-state index is 11.9. The normalized spacial score (nSPS) is 10.5. The van der Waals surface area contributed by atoms with Crippen LogP contribution in [0, 0.1) is 0 Å². The second-order valence-corrected chi connectivity index (χ2v) is 6.21. The number of halogens is 1. The first-order valence-corrected chi connectivity index (χ1v) is 8.18. The van der Waals surface area contributed by atoms with Crippen molar-refractivity contribution in [3.05, 3.63) is 50.6 Å². The summed E-state index contributed by atoms with van der Waals surface area (Å²) in [5.41, 5.74) is 2.15. The van der Waals surface area contributed by atoms with Crippen molar-refractivity contribution in [1.82, 2.24) is 5.32 Å². The largest absolute Gasteiger partial charge is 0.324 e. The Bertz CT molecular complexity index is 583. The van der Waals surface area contributed by atoms with Gasteiger partial charge in [-0.25, -0.2) is 0 Å². The fraction of sp³-hybridized carbons (Fsp3) is 0.267. The Balaban J connectivity index is 1.80. The molecule has 2 rings (SSSR count). The number of carbonyl (C=O) groups is 1. The molecule has 1 aromatic carbocycles. The third-order valence-electron chi connectivity index (χ3n) is 2.94. The summed E-state index contributed by atoms with van der Waals surface area (Å²) in [6.45, 7) is 3.19. The molecule has 0 unspecified atom stereocenters. The smallest absolute Gasteiger partial charge is 0.238 e. The predicted octanol–water partition coefficient (Wildman–Crippen LogP) is 3.80. The lowest BCUT2D eigenvalue weighted by molar-refractivity contribution is -0.115. The van der Waals surface area contributed by atoms with Gasteiger partial charge in [0.2, 0.25) is 5.91 Å². The molecule has 0 aliphatic rings. The highest BCUT2D eigenvalue weighted by molar-refractivity contribution is 9.10. The number of thiophene rings is 1. The minimum atomic E-state index is -0.0356. The lowest BCUT2D eigenvalue weighted by Crippen LogP contribution is -2.27. The standard InChI is InChI=1S/C15H17BrN2OS/c1-2-11-7-8-20-14(11)9-17-10-15(19)18-13-6-4-3-5-12(13)16/h3-8,17H,2,9-10H2,1H3,(H,18,19). The van der Waals surface area contributed by atoms with Gasteiger partial charge in [-0.15, -0.1) is 11.3 Å². The molecule has 1 aromatic heterocycles. The van der Waals surface area contributed by atoms with Gasteiger partial charge in [0.25, 0.3) is 0 Å². The van der Waals surface area contributed by atoms with E-state index in [0.717, 1.165) is 23.1 Å². The van der Waals surface area contributed by atoms with Crippen LogP contribution in [-0.4, -0.2) is 12.5 Å². The van der Waals surface area contributed by atoms with Crippen molar-refractivity contribution >= 4 is 38.9 Å². The molecule has 0 bridgehead atoms. The van der Waals surface area contributed by atoms with Gasteiger partial charge in [0.05, 0.1) is 12.2 Å². The molecule has 5 heteroatoms. The molecule has 3 nitrogen and oxygen atoms in total. The Morgan fingerprint density at radius 2 is 2.10 bits per heavy atom. The summed E-state index contributed by atoms with van der Waals surface area (Å²) in [6.07, 6.45) is 1.03. The van der Waals surface area contributed by atoms with Gasteiger partial charge in [0.15, 0.2) is 0 Å². The highest BCUT2D eigenvalue weighted by Gasteiger charge is 2.06. The van der Waals surface area contributed by atoms with E-state index in [1.807, 2.05) is 24.3 Å². The van der Waals surface area contributed by atoms with Gasteiger partial charge >= 0.3 is 0 Å². The molecule has 0 aliphatic carbocycles. The topological polar surface area (TPSA) is 41.1 Å². The van der Waals surface area contributed by atoms with Crippen molar-refractivity contribution in [2.24, 2.45) is 0 Å². The maximum absolute atomic E-state index is 11.9. The lowest BCUT2D eigenvalue weighted by atomic mass is 10.2. The van der Waals surface area contributed by atoms with E-state index in [2.05, 4.69) is 44.9 Å². The summed E-state index contributed by atoms with van der Waals surface area (Å²) in [5, 5.41) is 8.15. The second-order valence-electron chi connectivity index (χ2n) is 4.35. The average Bonchev–Trinajstić information content (AvgIpc) is 2.89. The molecule has 0 spiro atoms. The van der Waals surface area contributed by atoms with Crippen molar-refractivity contribution < 1.29 is 4.79 Å². The molecule has 0 fully saturated rings. The monoisotopic (exact) mass is 352 g/mol. The van der Waals surface area contributed by atoms with Crippen LogP contribution in [0.5, 0.6) is 0 Å². The Labute approximate surface area is 131 Å². The Hall–Kier alpha value is -1.17. The molecule has 0 atom stereocenters. The summed E-state index contributed by atoms with van der Waals surface area (Å²) >= 11 is 5.14. The first-order chi connectivity index (χ1) is 9.70. The molecular formula is C15H17BrN2OS. The number of carbonyl (C=O) groups excluding carboxylic acids is 1. The lowest BCUT2D eigenvalue weighted by Gasteiger charge is -2.08. The number of benzene rings is 1. The van der Waals surface area contributed by atoms with Gasteiger partial charge in [-0.2, -0.15) is 0 Å². The first kappa shape index (κ1) is 15.2.